The van der Waals surface area contributed by atoms with Gasteiger partial charge in [-0.05, 0) is 36.4 Å². The third kappa shape index (κ3) is 3.68. The van der Waals surface area contributed by atoms with Crippen LogP contribution in [-0.2, 0) is 0 Å². The maximum Gasteiger partial charge on any atom is 0.339 e. The number of nitrogens with zero attached hydrogens (tertiary/aromatic N) is 1. The van der Waals surface area contributed by atoms with Crippen LogP contribution in [0.15, 0.2) is 48.7 Å². The van der Waals surface area contributed by atoms with Crippen LogP contribution in [0.3, 0.4) is 0 Å². The number of halogens is 1. The average Bonchev–Trinajstić information content (AvgIpc) is 2.61. The Morgan fingerprint density at radius 3 is 2.50 bits per heavy atom. The number of fused-ring (bicyclic) bond motifs is 1. The number of hydrogen-bond acceptors (Lipinski definition) is 5. The molecule has 0 fully saturated rings. The molecule has 0 atom stereocenters. The van der Waals surface area contributed by atoms with Crippen molar-refractivity contribution < 1.29 is 24.5 Å². The Morgan fingerprint density at radius 2 is 1.85 bits per heavy atom. The number of aromatic nitrogens is 1. The maximum absolute atomic E-state index is 11.6. The third-order valence-corrected chi connectivity index (χ3v) is 3.68. The van der Waals surface area contributed by atoms with E-state index >= 15 is 0 Å². The van der Waals surface area contributed by atoms with Crippen LogP contribution >= 0.6 is 12.4 Å². The van der Waals surface area contributed by atoms with Crippen LogP contribution < -0.4 is 10.1 Å². The third-order valence-electron chi connectivity index (χ3n) is 3.68. The number of carbonyl (C=O) groups is 2. The molecule has 0 bridgehead atoms. The fourth-order valence-corrected chi connectivity index (χ4v) is 2.47. The number of hydrogen-bond donors (Lipinski definition) is 3. The van der Waals surface area contributed by atoms with Crippen molar-refractivity contribution in [2.45, 2.75) is 0 Å². The van der Waals surface area contributed by atoms with E-state index in [1.165, 1.54) is 25.4 Å². The number of nitrogens with one attached hydrogen (secondary N) is 1. The number of carboxylic acid groups (broad SMARTS) is 2. The van der Waals surface area contributed by atoms with Gasteiger partial charge < -0.3 is 20.3 Å². The number of anilines is 2. The van der Waals surface area contributed by atoms with Gasteiger partial charge in [0.25, 0.3) is 0 Å². The molecule has 26 heavy (non-hydrogen) atoms. The first-order valence-electron chi connectivity index (χ1n) is 7.30. The second kappa shape index (κ2) is 7.71. The molecular formula is C18H15ClN2O5. The number of aromatic carboxylic acids is 2. The Bertz CT molecular complexity index is 990. The Hall–Kier alpha value is -3.32. The normalized spacial score (nSPS) is 10.0. The molecule has 7 nitrogen and oxygen atoms in total. The van der Waals surface area contributed by atoms with Gasteiger partial charge in [-0.15, -0.1) is 12.4 Å². The van der Waals surface area contributed by atoms with Gasteiger partial charge >= 0.3 is 11.9 Å². The predicted molar refractivity (Wildman–Crippen MR) is 99.2 cm³/mol. The van der Waals surface area contributed by atoms with Gasteiger partial charge in [-0.3, -0.25) is 4.98 Å². The number of carboxylic acids is 2. The second-order valence-corrected chi connectivity index (χ2v) is 5.25. The lowest BCUT2D eigenvalue weighted by Crippen LogP contribution is -2.05. The number of ether oxygens (including phenoxy) is 1. The maximum atomic E-state index is 11.6. The van der Waals surface area contributed by atoms with Crippen LogP contribution in [0.2, 0.25) is 0 Å². The van der Waals surface area contributed by atoms with Crippen molar-refractivity contribution in [2.24, 2.45) is 0 Å². The summed E-state index contributed by atoms with van der Waals surface area (Å²) in [6.07, 6.45) is 1.26. The summed E-state index contributed by atoms with van der Waals surface area (Å²) < 4.78 is 5.20. The van der Waals surface area contributed by atoms with Crippen molar-refractivity contribution in [3.63, 3.8) is 0 Å². The topological polar surface area (TPSA) is 109 Å². The minimum absolute atomic E-state index is 0. The molecule has 0 aliphatic carbocycles. The standard InChI is InChI=1S/C18H14N2O5.ClH/c1-25-12-5-6-15-13(8-12)16(14(9-19-15)18(23)24)20-11-4-2-3-10(7-11)17(21)22;/h2-9H,1H3,(H,19,20)(H,21,22)(H,23,24);1H. The van der Waals surface area contributed by atoms with Crippen LogP contribution in [0.25, 0.3) is 10.9 Å². The van der Waals surface area contributed by atoms with Crippen molar-refractivity contribution in [2.75, 3.05) is 12.4 Å². The van der Waals surface area contributed by atoms with Crippen molar-refractivity contribution >= 4 is 46.6 Å². The second-order valence-electron chi connectivity index (χ2n) is 5.25. The Morgan fingerprint density at radius 1 is 1.08 bits per heavy atom. The zero-order valence-electron chi connectivity index (χ0n) is 13.6. The SMILES string of the molecule is COc1ccc2ncc(C(=O)O)c(Nc3cccc(C(=O)O)c3)c2c1.Cl. The first-order chi connectivity index (χ1) is 12.0. The van der Waals surface area contributed by atoms with Gasteiger partial charge in [0.05, 0.1) is 23.9 Å². The molecule has 3 aromatic rings. The monoisotopic (exact) mass is 374 g/mol. The molecule has 0 saturated carbocycles. The first kappa shape index (κ1) is 19.0. The van der Waals surface area contributed by atoms with Crippen LogP contribution in [0.4, 0.5) is 11.4 Å². The highest BCUT2D eigenvalue weighted by Crippen LogP contribution is 2.32. The molecule has 0 radical (unpaired) electrons. The molecule has 134 valence electrons. The van der Waals surface area contributed by atoms with Crippen molar-refractivity contribution in [3.05, 3.63) is 59.8 Å². The van der Waals surface area contributed by atoms with E-state index in [2.05, 4.69) is 10.3 Å². The summed E-state index contributed by atoms with van der Waals surface area (Å²) in [5, 5.41) is 22.1. The number of methoxy groups -OCH3 is 1. The van der Waals surface area contributed by atoms with E-state index in [1.54, 1.807) is 30.3 Å². The molecule has 0 aliphatic rings. The van der Waals surface area contributed by atoms with Crippen molar-refractivity contribution in [3.8, 4) is 5.75 Å². The molecule has 0 saturated heterocycles. The van der Waals surface area contributed by atoms with E-state index in [9.17, 15) is 14.7 Å². The number of pyridine rings is 1. The summed E-state index contributed by atoms with van der Waals surface area (Å²) in [4.78, 5) is 26.9. The molecule has 3 N–H and O–H groups in total. The summed E-state index contributed by atoms with van der Waals surface area (Å²) >= 11 is 0. The van der Waals surface area contributed by atoms with Gasteiger partial charge in [0.15, 0.2) is 0 Å². The largest absolute Gasteiger partial charge is 0.497 e. The lowest BCUT2D eigenvalue weighted by molar-refractivity contribution is 0.0686. The quantitative estimate of drug-likeness (QED) is 0.623. The van der Waals surface area contributed by atoms with Gasteiger partial charge in [-0.1, -0.05) is 6.07 Å². The number of rotatable bonds is 5. The van der Waals surface area contributed by atoms with E-state index in [0.717, 1.165) is 0 Å². The summed E-state index contributed by atoms with van der Waals surface area (Å²) in [7, 11) is 1.51. The zero-order valence-corrected chi connectivity index (χ0v) is 14.4. The van der Waals surface area contributed by atoms with E-state index < -0.39 is 11.9 Å². The van der Waals surface area contributed by atoms with Crippen LogP contribution in [0.1, 0.15) is 20.7 Å². The van der Waals surface area contributed by atoms with Gasteiger partial charge in [0.1, 0.15) is 11.3 Å². The lowest BCUT2D eigenvalue weighted by atomic mass is 10.1. The fraction of sp³-hybridized carbons (Fsp3) is 0.0556. The van der Waals surface area contributed by atoms with Crippen molar-refractivity contribution in [1.29, 1.82) is 0 Å². The van der Waals surface area contributed by atoms with E-state index in [-0.39, 0.29) is 23.5 Å². The molecular weight excluding hydrogens is 360 g/mol. The highest BCUT2D eigenvalue weighted by molar-refractivity contribution is 6.05. The molecule has 0 aliphatic heterocycles. The predicted octanol–water partition coefficient (Wildman–Crippen LogP) is 3.81. The number of benzene rings is 2. The zero-order chi connectivity index (χ0) is 18.0. The van der Waals surface area contributed by atoms with Crippen molar-refractivity contribution in [1.82, 2.24) is 4.98 Å². The summed E-state index contributed by atoms with van der Waals surface area (Å²) in [5.41, 5.74) is 1.43. The van der Waals surface area contributed by atoms with Crippen LogP contribution in [0.5, 0.6) is 5.75 Å². The molecule has 8 heteroatoms. The van der Waals surface area contributed by atoms with Gasteiger partial charge in [0, 0.05) is 17.3 Å². The Labute approximate surface area is 154 Å². The van der Waals surface area contributed by atoms with Crippen LogP contribution in [0, 0.1) is 0 Å². The van der Waals surface area contributed by atoms with Crippen LogP contribution in [-0.4, -0.2) is 34.2 Å². The molecule has 1 aromatic heterocycles. The highest BCUT2D eigenvalue weighted by Gasteiger charge is 2.16. The Kier molecular flexibility index (Phi) is 5.64. The first-order valence-corrected chi connectivity index (χ1v) is 7.30. The summed E-state index contributed by atoms with van der Waals surface area (Å²) in [6, 6.07) is 11.3. The average molecular weight is 375 g/mol. The van der Waals surface area contributed by atoms with E-state index in [1.807, 2.05) is 0 Å². The molecule has 0 amide bonds. The fourth-order valence-electron chi connectivity index (χ4n) is 2.47. The van der Waals surface area contributed by atoms with Gasteiger partial charge in [-0.2, -0.15) is 0 Å². The molecule has 2 aromatic carbocycles. The summed E-state index contributed by atoms with van der Waals surface area (Å²) in [6.45, 7) is 0. The highest BCUT2D eigenvalue weighted by atomic mass is 35.5. The minimum Gasteiger partial charge on any atom is -0.497 e. The molecule has 1 heterocycles. The smallest absolute Gasteiger partial charge is 0.339 e. The molecule has 0 unspecified atom stereocenters. The van der Waals surface area contributed by atoms with Gasteiger partial charge in [-0.25, -0.2) is 9.59 Å². The summed E-state index contributed by atoms with van der Waals surface area (Å²) in [5.74, 6) is -1.66. The Balaban J connectivity index is 0.00000243. The van der Waals surface area contributed by atoms with Gasteiger partial charge in [0.2, 0.25) is 0 Å². The molecule has 0 spiro atoms. The minimum atomic E-state index is -1.14. The van der Waals surface area contributed by atoms with E-state index in [0.29, 0.717) is 28.0 Å². The van der Waals surface area contributed by atoms with E-state index in [4.69, 9.17) is 9.84 Å². The molecule has 3 rings (SSSR count). The lowest BCUT2D eigenvalue weighted by Gasteiger charge is -2.14.